The Hall–Kier alpha value is -1.43. The minimum Gasteiger partial charge on any atom is -0.243 e. The zero-order valence-electron chi connectivity index (χ0n) is 4.76. The van der Waals surface area contributed by atoms with Crippen molar-refractivity contribution < 1.29 is 4.39 Å². The molecule has 0 atom stereocenters. The van der Waals surface area contributed by atoms with Crippen molar-refractivity contribution >= 4 is 5.71 Å². The number of nitrogens with zero attached hydrogens (tertiary/aromatic N) is 2. The van der Waals surface area contributed by atoms with Crippen molar-refractivity contribution in [1.29, 1.82) is 5.26 Å². The summed E-state index contributed by atoms with van der Waals surface area (Å²) >= 11 is 0. The van der Waals surface area contributed by atoms with Gasteiger partial charge in [0, 0.05) is 6.20 Å². The van der Waals surface area contributed by atoms with E-state index >= 15 is 0 Å². The van der Waals surface area contributed by atoms with E-state index in [1.807, 2.05) is 0 Å². The molecule has 0 spiro atoms. The van der Waals surface area contributed by atoms with Crippen LogP contribution in [0.3, 0.4) is 0 Å². The first kappa shape index (κ1) is 7.57. The van der Waals surface area contributed by atoms with Crippen molar-refractivity contribution in [2.75, 3.05) is 0 Å². The van der Waals surface area contributed by atoms with E-state index in [2.05, 4.69) is 18.2 Å². The molecule has 2 nitrogen and oxygen atoms in total. The second-order valence-electron chi connectivity index (χ2n) is 1.18. The van der Waals surface area contributed by atoms with Crippen LogP contribution in [0.5, 0.6) is 0 Å². The van der Waals surface area contributed by atoms with Gasteiger partial charge in [-0.15, -0.1) is 0 Å². The summed E-state index contributed by atoms with van der Waals surface area (Å²) in [6.07, 6.45) is 1.09. The van der Waals surface area contributed by atoms with Gasteiger partial charge in [0.25, 0.3) is 0 Å². The summed E-state index contributed by atoms with van der Waals surface area (Å²) in [7, 11) is 0. The fourth-order valence-corrected chi connectivity index (χ4v) is 0.251. The molecule has 0 aliphatic carbocycles. The van der Waals surface area contributed by atoms with Crippen molar-refractivity contribution in [2.24, 2.45) is 4.99 Å². The molecular weight excluding hydrogens is 119 g/mol. The minimum atomic E-state index is -0.836. The van der Waals surface area contributed by atoms with Crippen LogP contribution in [0.2, 0.25) is 0 Å². The molecule has 0 saturated heterocycles. The summed E-state index contributed by atoms with van der Waals surface area (Å²) in [5, 5.41) is 8.10. The van der Waals surface area contributed by atoms with Crippen LogP contribution in [-0.4, -0.2) is 5.71 Å². The van der Waals surface area contributed by atoms with E-state index < -0.39 is 5.83 Å². The first-order valence-corrected chi connectivity index (χ1v) is 2.16. The van der Waals surface area contributed by atoms with Crippen LogP contribution < -0.4 is 0 Å². The van der Waals surface area contributed by atoms with Gasteiger partial charge in [-0.3, -0.25) is 0 Å². The normalized spacial score (nSPS) is 10.0. The summed E-state index contributed by atoms with van der Waals surface area (Å²) in [4.78, 5) is 3.29. The number of hydrogen-bond donors (Lipinski definition) is 0. The Labute approximate surface area is 52.6 Å². The number of nitriles is 1. The van der Waals surface area contributed by atoms with Gasteiger partial charge < -0.3 is 0 Å². The summed E-state index contributed by atoms with van der Waals surface area (Å²) < 4.78 is 12.0. The SMILES string of the molecule is C=CN=C(C#N)C(=C)F. The van der Waals surface area contributed by atoms with Crippen molar-refractivity contribution in [2.45, 2.75) is 0 Å². The largest absolute Gasteiger partial charge is 0.243 e. The maximum absolute atomic E-state index is 12.0. The van der Waals surface area contributed by atoms with Gasteiger partial charge >= 0.3 is 0 Å². The Balaban J connectivity index is 4.38. The summed E-state index contributed by atoms with van der Waals surface area (Å²) in [5.74, 6) is -0.836. The highest BCUT2D eigenvalue weighted by molar-refractivity contribution is 6.09. The quantitative estimate of drug-likeness (QED) is 0.515. The molecule has 0 saturated carbocycles. The summed E-state index contributed by atoms with van der Waals surface area (Å²) in [6.45, 7) is 6.06. The lowest BCUT2D eigenvalue weighted by atomic mass is 10.4. The average Bonchev–Trinajstić information content (AvgIpc) is 1.82. The lowest BCUT2D eigenvalue weighted by Gasteiger charge is -1.83. The van der Waals surface area contributed by atoms with Crippen molar-refractivity contribution in [3.05, 3.63) is 25.2 Å². The van der Waals surface area contributed by atoms with Gasteiger partial charge in [-0.2, -0.15) is 5.26 Å². The monoisotopic (exact) mass is 124 g/mol. The number of rotatable bonds is 2. The molecule has 0 N–H and O–H groups in total. The third-order valence-electron chi connectivity index (χ3n) is 0.583. The molecule has 46 valence electrons. The maximum atomic E-state index is 12.0. The fourth-order valence-electron chi connectivity index (χ4n) is 0.251. The van der Waals surface area contributed by atoms with Crippen LogP contribution in [0.15, 0.2) is 30.2 Å². The zero-order valence-corrected chi connectivity index (χ0v) is 4.76. The van der Waals surface area contributed by atoms with E-state index in [0.29, 0.717) is 0 Å². The topological polar surface area (TPSA) is 36.1 Å². The number of hydrogen-bond acceptors (Lipinski definition) is 2. The summed E-state index contributed by atoms with van der Waals surface area (Å²) in [5.41, 5.74) is -0.329. The highest BCUT2D eigenvalue weighted by Crippen LogP contribution is 1.94. The van der Waals surface area contributed by atoms with Gasteiger partial charge in [-0.1, -0.05) is 13.2 Å². The van der Waals surface area contributed by atoms with Crippen LogP contribution in [0.25, 0.3) is 0 Å². The van der Waals surface area contributed by atoms with Crippen LogP contribution in [0.1, 0.15) is 0 Å². The van der Waals surface area contributed by atoms with Gasteiger partial charge in [-0.25, -0.2) is 9.38 Å². The second kappa shape index (κ2) is 3.56. The Morgan fingerprint density at radius 3 is 2.44 bits per heavy atom. The molecule has 0 unspecified atom stereocenters. The zero-order chi connectivity index (χ0) is 7.28. The molecule has 0 heterocycles. The van der Waals surface area contributed by atoms with Crippen molar-refractivity contribution in [3.63, 3.8) is 0 Å². The lowest BCUT2D eigenvalue weighted by molar-refractivity contribution is 0.687. The van der Waals surface area contributed by atoms with E-state index in [-0.39, 0.29) is 5.71 Å². The molecule has 0 aliphatic rings. The Morgan fingerprint density at radius 2 is 2.33 bits per heavy atom. The predicted molar refractivity (Wildman–Crippen MR) is 33.5 cm³/mol. The standard InChI is InChI=1S/C6H5FN2/c1-3-9-6(4-8)5(2)7/h3H,1-2H2. The third-order valence-corrected chi connectivity index (χ3v) is 0.583. The minimum absolute atomic E-state index is 0.329. The molecule has 0 aromatic rings. The van der Waals surface area contributed by atoms with E-state index in [0.717, 1.165) is 6.20 Å². The van der Waals surface area contributed by atoms with Crippen LogP contribution >= 0.6 is 0 Å². The van der Waals surface area contributed by atoms with Gasteiger partial charge in [0.05, 0.1) is 0 Å². The van der Waals surface area contributed by atoms with Crippen LogP contribution in [-0.2, 0) is 0 Å². The average molecular weight is 124 g/mol. The Kier molecular flexibility index (Phi) is 2.99. The Bertz CT molecular complexity index is 198. The highest BCUT2D eigenvalue weighted by Gasteiger charge is 1.97. The highest BCUT2D eigenvalue weighted by atomic mass is 19.1. The first-order chi connectivity index (χ1) is 4.22. The maximum Gasteiger partial charge on any atom is 0.175 e. The second-order valence-corrected chi connectivity index (χ2v) is 1.18. The molecule has 0 bridgehead atoms. The first-order valence-electron chi connectivity index (χ1n) is 2.16. The molecule has 0 aromatic carbocycles. The molecule has 3 heteroatoms. The lowest BCUT2D eigenvalue weighted by Crippen LogP contribution is -1.90. The summed E-state index contributed by atoms with van der Waals surface area (Å²) in [6, 6.07) is 1.51. The molecule has 0 radical (unpaired) electrons. The smallest absolute Gasteiger partial charge is 0.175 e. The van der Waals surface area contributed by atoms with E-state index in [1.54, 1.807) is 0 Å². The van der Waals surface area contributed by atoms with Gasteiger partial charge in [-0.05, 0) is 0 Å². The van der Waals surface area contributed by atoms with E-state index in [4.69, 9.17) is 5.26 Å². The van der Waals surface area contributed by atoms with Crippen molar-refractivity contribution in [1.82, 2.24) is 0 Å². The molecule has 0 aliphatic heterocycles. The van der Waals surface area contributed by atoms with E-state index in [1.165, 1.54) is 6.07 Å². The Morgan fingerprint density at radius 1 is 1.78 bits per heavy atom. The van der Waals surface area contributed by atoms with Gasteiger partial charge in [0.2, 0.25) is 0 Å². The fraction of sp³-hybridized carbons (Fsp3) is 0. The molecule has 0 amide bonds. The molecule has 9 heavy (non-hydrogen) atoms. The third kappa shape index (κ3) is 2.39. The molecule has 0 fully saturated rings. The van der Waals surface area contributed by atoms with Gasteiger partial charge in [0.15, 0.2) is 11.5 Å². The molecular formula is C6H5FN2. The number of halogens is 1. The number of allylic oxidation sites excluding steroid dienone is 1. The molecule has 0 rings (SSSR count). The van der Waals surface area contributed by atoms with Crippen LogP contribution in [0.4, 0.5) is 4.39 Å². The van der Waals surface area contributed by atoms with Crippen molar-refractivity contribution in [3.8, 4) is 6.07 Å². The predicted octanol–water partition coefficient (Wildman–Crippen LogP) is 1.58. The number of aliphatic imine (C=N–C) groups is 1. The van der Waals surface area contributed by atoms with E-state index in [9.17, 15) is 4.39 Å². The van der Waals surface area contributed by atoms with Gasteiger partial charge in [0.1, 0.15) is 6.07 Å². The molecule has 0 aromatic heterocycles. The van der Waals surface area contributed by atoms with Crippen LogP contribution in [0, 0.1) is 11.3 Å².